The second-order valence-electron chi connectivity index (χ2n) is 12.3. The highest BCUT2D eigenvalue weighted by Gasteiger charge is 2.42. The van der Waals surface area contributed by atoms with E-state index in [0.29, 0.717) is 6.04 Å². The van der Waals surface area contributed by atoms with Gasteiger partial charge in [-0.15, -0.1) is 0 Å². The fourth-order valence-corrected chi connectivity index (χ4v) is 8.23. The molecular weight excluding hydrogens is 392 g/mol. The Bertz CT molecular complexity index is 510. The highest BCUT2D eigenvalue weighted by atomic mass is 15.1. The molecule has 0 aromatic heterocycles. The van der Waals surface area contributed by atoms with Gasteiger partial charge in [-0.25, -0.2) is 0 Å². The third-order valence-corrected chi connectivity index (χ3v) is 10.2. The van der Waals surface area contributed by atoms with Crippen molar-refractivity contribution in [3.63, 3.8) is 0 Å². The van der Waals surface area contributed by atoms with E-state index in [0.717, 1.165) is 41.5 Å². The first-order valence-electron chi connectivity index (χ1n) is 14.4. The van der Waals surface area contributed by atoms with Crippen LogP contribution in [0.5, 0.6) is 0 Å². The van der Waals surface area contributed by atoms with Crippen molar-refractivity contribution in [2.45, 2.75) is 102 Å². The van der Waals surface area contributed by atoms with E-state index in [1.807, 2.05) is 0 Å². The fourth-order valence-electron chi connectivity index (χ4n) is 8.23. The first-order chi connectivity index (χ1) is 15.6. The summed E-state index contributed by atoms with van der Waals surface area (Å²) in [5.74, 6) is 5.79. The summed E-state index contributed by atoms with van der Waals surface area (Å²) in [5.41, 5.74) is 6.38. The summed E-state index contributed by atoms with van der Waals surface area (Å²) in [6.07, 6.45) is 19.9. The molecule has 2 saturated carbocycles. The van der Waals surface area contributed by atoms with E-state index in [-0.39, 0.29) is 0 Å². The molecule has 0 aromatic carbocycles. The van der Waals surface area contributed by atoms with Gasteiger partial charge >= 0.3 is 0 Å². The summed E-state index contributed by atoms with van der Waals surface area (Å²) in [6.45, 7) is 5.01. The van der Waals surface area contributed by atoms with E-state index in [4.69, 9.17) is 5.73 Å². The predicted octanol–water partition coefficient (Wildman–Crippen LogP) is 4.64. The van der Waals surface area contributed by atoms with Gasteiger partial charge in [-0.3, -0.25) is 0 Å². The smallest absolute Gasteiger partial charge is 0.00893 e. The van der Waals surface area contributed by atoms with Crippen LogP contribution in [0.4, 0.5) is 0 Å². The minimum Gasteiger partial charge on any atom is -0.328 e. The Morgan fingerprint density at radius 1 is 0.688 bits per heavy atom. The Morgan fingerprint density at radius 3 is 1.78 bits per heavy atom. The molecule has 2 unspecified atom stereocenters. The lowest BCUT2D eigenvalue weighted by Crippen LogP contribution is -2.43. The Labute approximate surface area is 199 Å². The quantitative estimate of drug-likeness (QED) is 0.508. The van der Waals surface area contributed by atoms with E-state index in [1.54, 1.807) is 0 Å². The van der Waals surface area contributed by atoms with Gasteiger partial charge in [-0.05, 0) is 159 Å². The summed E-state index contributed by atoms with van der Waals surface area (Å²) in [6, 6.07) is 1.29. The molecule has 2 atom stereocenters. The summed E-state index contributed by atoms with van der Waals surface area (Å²) in [5, 5.41) is 7.25. The van der Waals surface area contributed by atoms with Gasteiger partial charge in [0.15, 0.2) is 0 Å². The summed E-state index contributed by atoms with van der Waals surface area (Å²) >= 11 is 0. The van der Waals surface area contributed by atoms with Crippen LogP contribution < -0.4 is 16.4 Å². The van der Waals surface area contributed by atoms with Gasteiger partial charge in [0.25, 0.3) is 0 Å². The molecule has 0 aromatic rings. The molecule has 0 spiro atoms. The van der Waals surface area contributed by atoms with E-state index >= 15 is 0 Å². The molecule has 4 heteroatoms. The topological polar surface area (TPSA) is 53.3 Å². The van der Waals surface area contributed by atoms with Gasteiger partial charge in [-0.1, -0.05) is 6.42 Å². The van der Waals surface area contributed by atoms with Gasteiger partial charge in [0, 0.05) is 12.1 Å². The normalized spacial score (nSPS) is 35.6. The number of nitrogens with two attached hydrogens (primary N) is 1. The number of piperidine rings is 2. The van der Waals surface area contributed by atoms with Gasteiger partial charge in [-0.2, -0.15) is 0 Å². The monoisotopic (exact) mass is 446 g/mol. The van der Waals surface area contributed by atoms with Gasteiger partial charge in [0.1, 0.15) is 0 Å². The van der Waals surface area contributed by atoms with Gasteiger partial charge < -0.3 is 21.3 Å². The molecule has 0 radical (unpaired) electrons. The van der Waals surface area contributed by atoms with Crippen molar-refractivity contribution in [1.29, 1.82) is 0 Å². The van der Waals surface area contributed by atoms with Crippen LogP contribution >= 0.6 is 0 Å². The Hall–Kier alpha value is -0.160. The molecule has 4 aliphatic rings. The van der Waals surface area contributed by atoms with E-state index in [9.17, 15) is 0 Å². The fraction of sp³-hybridized carbons (Fsp3) is 1.00. The third-order valence-electron chi connectivity index (χ3n) is 10.2. The van der Waals surface area contributed by atoms with E-state index in [1.165, 1.54) is 116 Å². The predicted molar refractivity (Wildman–Crippen MR) is 137 cm³/mol. The van der Waals surface area contributed by atoms with E-state index in [2.05, 4.69) is 29.6 Å². The van der Waals surface area contributed by atoms with Crippen LogP contribution in [-0.4, -0.2) is 57.3 Å². The van der Waals surface area contributed by atoms with Crippen LogP contribution in [0.3, 0.4) is 0 Å². The molecule has 0 amide bonds. The van der Waals surface area contributed by atoms with Crippen LogP contribution in [-0.2, 0) is 0 Å². The molecule has 2 saturated heterocycles. The molecule has 2 aliphatic heterocycles. The van der Waals surface area contributed by atoms with Crippen molar-refractivity contribution < 1.29 is 0 Å². The van der Waals surface area contributed by atoms with Gasteiger partial charge in [0.05, 0.1) is 0 Å². The maximum absolute atomic E-state index is 6.38. The van der Waals surface area contributed by atoms with Crippen molar-refractivity contribution in [3.05, 3.63) is 0 Å². The first-order valence-corrected chi connectivity index (χ1v) is 14.4. The van der Waals surface area contributed by atoms with Crippen molar-refractivity contribution in [3.8, 4) is 0 Å². The molecule has 4 nitrogen and oxygen atoms in total. The standard InChI is InChI=1S/C28H54N4/c1-32(2)26-10-6-24(7-11-26)28(23-4-8-25(29)9-5-23)27(22-15-19-31-20-16-22)12-3-21-13-17-30-18-14-21/h21-28,30-31H,3-20,29H2,1-2H3. The lowest BCUT2D eigenvalue weighted by atomic mass is 9.59. The van der Waals surface area contributed by atoms with E-state index < -0.39 is 0 Å². The van der Waals surface area contributed by atoms with Crippen LogP contribution in [0, 0.1) is 35.5 Å². The second-order valence-corrected chi connectivity index (χ2v) is 12.3. The summed E-state index contributed by atoms with van der Waals surface area (Å²) in [4.78, 5) is 2.49. The van der Waals surface area contributed by atoms with Crippen LogP contribution in [0.2, 0.25) is 0 Å². The first kappa shape index (κ1) is 24.9. The Balaban J connectivity index is 1.50. The SMILES string of the molecule is CN(C)C1CCC(C(C2CCC(N)CC2)C(CCC2CCNCC2)C2CCNCC2)CC1. The van der Waals surface area contributed by atoms with Crippen LogP contribution in [0.15, 0.2) is 0 Å². The molecule has 2 aliphatic carbocycles. The number of nitrogens with zero attached hydrogens (tertiary/aromatic N) is 1. The zero-order valence-electron chi connectivity index (χ0n) is 21.4. The minimum absolute atomic E-state index is 0.475. The molecular formula is C28H54N4. The zero-order valence-corrected chi connectivity index (χ0v) is 21.4. The number of rotatable bonds is 8. The second kappa shape index (κ2) is 12.5. The number of hydrogen-bond acceptors (Lipinski definition) is 4. The lowest BCUT2D eigenvalue weighted by molar-refractivity contribution is 0.0249. The summed E-state index contributed by atoms with van der Waals surface area (Å²) < 4.78 is 0. The number of hydrogen-bond donors (Lipinski definition) is 3. The van der Waals surface area contributed by atoms with Crippen molar-refractivity contribution in [1.82, 2.24) is 15.5 Å². The van der Waals surface area contributed by atoms with Gasteiger partial charge in [0.2, 0.25) is 0 Å². The summed E-state index contributed by atoms with van der Waals surface area (Å²) in [7, 11) is 4.59. The molecule has 32 heavy (non-hydrogen) atoms. The molecule has 4 rings (SSSR count). The zero-order chi connectivity index (χ0) is 22.3. The van der Waals surface area contributed by atoms with Crippen molar-refractivity contribution in [2.75, 3.05) is 40.3 Å². The average Bonchev–Trinajstić information content (AvgIpc) is 2.84. The minimum atomic E-state index is 0.475. The maximum Gasteiger partial charge on any atom is 0.00893 e. The maximum atomic E-state index is 6.38. The average molecular weight is 447 g/mol. The lowest BCUT2D eigenvalue weighted by Gasteiger charge is -2.48. The molecule has 4 N–H and O–H groups in total. The highest BCUT2D eigenvalue weighted by Crippen LogP contribution is 2.49. The Kier molecular flexibility index (Phi) is 9.76. The molecule has 0 bridgehead atoms. The largest absolute Gasteiger partial charge is 0.328 e. The molecule has 4 fully saturated rings. The van der Waals surface area contributed by atoms with Crippen molar-refractivity contribution in [2.24, 2.45) is 41.2 Å². The number of nitrogens with one attached hydrogen (secondary N) is 2. The molecule has 2 heterocycles. The third kappa shape index (κ3) is 6.71. The Morgan fingerprint density at radius 2 is 1.22 bits per heavy atom. The van der Waals surface area contributed by atoms with Crippen LogP contribution in [0.25, 0.3) is 0 Å². The van der Waals surface area contributed by atoms with Crippen molar-refractivity contribution >= 4 is 0 Å². The van der Waals surface area contributed by atoms with Crippen LogP contribution in [0.1, 0.15) is 89.9 Å². The molecule has 186 valence electrons. The highest BCUT2D eigenvalue weighted by molar-refractivity contribution is 4.93.